The second-order valence-electron chi connectivity index (χ2n) is 5.98. The Kier molecular flexibility index (Phi) is 4.41. The maximum absolute atomic E-state index is 10.5. The molecule has 0 bridgehead atoms. The molecule has 1 unspecified atom stereocenters. The van der Waals surface area contributed by atoms with Crippen LogP contribution in [0.15, 0.2) is 30.3 Å². The van der Waals surface area contributed by atoms with E-state index in [-0.39, 0.29) is 0 Å². The Balaban J connectivity index is 1.86. The molecule has 0 aliphatic heterocycles. The molecule has 100 valence electrons. The lowest BCUT2D eigenvalue weighted by Gasteiger charge is -2.31. The van der Waals surface area contributed by atoms with E-state index in [0.29, 0.717) is 12.6 Å². The fraction of sp³-hybridized carbons (Fsp3) is 0.625. The molecule has 0 spiro atoms. The van der Waals surface area contributed by atoms with Crippen molar-refractivity contribution >= 4 is 0 Å². The third kappa shape index (κ3) is 3.56. The Bertz CT molecular complexity index is 353. The molecule has 1 aliphatic carbocycles. The van der Waals surface area contributed by atoms with Crippen LogP contribution in [0.4, 0.5) is 0 Å². The first kappa shape index (κ1) is 13.6. The summed E-state index contributed by atoms with van der Waals surface area (Å²) in [6.07, 6.45) is 5.11. The van der Waals surface area contributed by atoms with Gasteiger partial charge in [-0.25, -0.2) is 0 Å². The Labute approximate surface area is 110 Å². The van der Waals surface area contributed by atoms with Gasteiger partial charge < -0.3 is 10.4 Å². The smallest absolute Gasteiger partial charge is 0.0992 e. The highest BCUT2D eigenvalue weighted by Gasteiger charge is 2.25. The Hall–Kier alpha value is -0.860. The monoisotopic (exact) mass is 247 g/mol. The van der Waals surface area contributed by atoms with Crippen LogP contribution in [0, 0.1) is 5.92 Å². The predicted molar refractivity (Wildman–Crippen MR) is 75.4 cm³/mol. The van der Waals surface area contributed by atoms with E-state index in [0.717, 1.165) is 11.5 Å². The van der Waals surface area contributed by atoms with Gasteiger partial charge in [0.25, 0.3) is 0 Å². The van der Waals surface area contributed by atoms with E-state index in [1.807, 2.05) is 37.3 Å². The van der Waals surface area contributed by atoms with E-state index in [2.05, 4.69) is 12.2 Å². The molecule has 2 nitrogen and oxygen atoms in total. The molecule has 0 radical (unpaired) electrons. The van der Waals surface area contributed by atoms with Crippen molar-refractivity contribution in [1.29, 1.82) is 0 Å². The van der Waals surface area contributed by atoms with Gasteiger partial charge in [0, 0.05) is 12.6 Å². The standard InChI is InChI=1S/C16H25NO/c1-13-8-10-15(11-9-13)17-12-16(2,18)14-6-4-3-5-7-14/h3-7,13,15,17-18H,8-12H2,1-2H3. The summed E-state index contributed by atoms with van der Waals surface area (Å²) >= 11 is 0. The molecule has 1 aromatic carbocycles. The fourth-order valence-electron chi connectivity index (χ4n) is 2.71. The van der Waals surface area contributed by atoms with Crippen molar-refractivity contribution in [3.05, 3.63) is 35.9 Å². The summed E-state index contributed by atoms with van der Waals surface area (Å²) in [4.78, 5) is 0. The fourth-order valence-corrected chi connectivity index (χ4v) is 2.71. The van der Waals surface area contributed by atoms with Gasteiger partial charge in [-0.2, -0.15) is 0 Å². The summed E-state index contributed by atoms with van der Waals surface area (Å²) in [6, 6.07) is 10.5. The Morgan fingerprint density at radius 2 is 1.78 bits per heavy atom. The van der Waals surface area contributed by atoms with Gasteiger partial charge in [0.05, 0.1) is 5.60 Å². The summed E-state index contributed by atoms with van der Waals surface area (Å²) in [5, 5.41) is 14.0. The summed E-state index contributed by atoms with van der Waals surface area (Å²) in [6.45, 7) is 4.85. The lowest BCUT2D eigenvalue weighted by atomic mass is 9.87. The lowest BCUT2D eigenvalue weighted by molar-refractivity contribution is 0.0516. The van der Waals surface area contributed by atoms with Crippen molar-refractivity contribution in [3.63, 3.8) is 0 Å². The van der Waals surface area contributed by atoms with Crippen LogP contribution in [0.3, 0.4) is 0 Å². The van der Waals surface area contributed by atoms with Crippen molar-refractivity contribution in [2.45, 2.75) is 51.2 Å². The van der Waals surface area contributed by atoms with Crippen molar-refractivity contribution in [3.8, 4) is 0 Å². The molecule has 2 heteroatoms. The van der Waals surface area contributed by atoms with Gasteiger partial charge >= 0.3 is 0 Å². The summed E-state index contributed by atoms with van der Waals surface area (Å²) in [5.74, 6) is 0.873. The van der Waals surface area contributed by atoms with Crippen molar-refractivity contribution in [2.75, 3.05) is 6.54 Å². The first-order valence-corrected chi connectivity index (χ1v) is 7.09. The molecule has 1 saturated carbocycles. The second-order valence-corrected chi connectivity index (χ2v) is 5.98. The molecular formula is C16H25NO. The minimum atomic E-state index is -0.773. The summed E-state index contributed by atoms with van der Waals surface area (Å²) in [7, 11) is 0. The van der Waals surface area contributed by atoms with E-state index >= 15 is 0 Å². The molecule has 18 heavy (non-hydrogen) atoms. The highest BCUT2D eigenvalue weighted by Crippen LogP contribution is 2.25. The van der Waals surface area contributed by atoms with E-state index < -0.39 is 5.60 Å². The number of nitrogens with one attached hydrogen (secondary N) is 1. The van der Waals surface area contributed by atoms with Crippen LogP contribution in [0.2, 0.25) is 0 Å². The maximum Gasteiger partial charge on any atom is 0.0992 e. The minimum absolute atomic E-state index is 0.580. The Morgan fingerprint density at radius 1 is 1.17 bits per heavy atom. The third-order valence-corrected chi connectivity index (χ3v) is 4.15. The van der Waals surface area contributed by atoms with E-state index in [1.54, 1.807) is 0 Å². The SMILES string of the molecule is CC1CCC(NCC(C)(O)c2ccccc2)CC1. The van der Waals surface area contributed by atoms with Crippen molar-refractivity contribution < 1.29 is 5.11 Å². The van der Waals surface area contributed by atoms with Gasteiger partial charge in [0.1, 0.15) is 0 Å². The molecule has 2 rings (SSSR count). The van der Waals surface area contributed by atoms with Crippen molar-refractivity contribution in [2.24, 2.45) is 5.92 Å². The Morgan fingerprint density at radius 3 is 2.39 bits per heavy atom. The quantitative estimate of drug-likeness (QED) is 0.857. The highest BCUT2D eigenvalue weighted by molar-refractivity contribution is 5.21. The van der Waals surface area contributed by atoms with E-state index in [4.69, 9.17) is 0 Å². The molecule has 0 amide bonds. The van der Waals surface area contributed by atoms with Crippen LogP contribution < -0.4 is 5.32 Å². The molecule has 1 aliphatic rings. The summed E-state index contributed by atoms with van der Waals surface area (Å²) < 4.78 is 0. The molecule has 1 aromatic rings. The number of aliphatic hydroxyl groups is 1. The average Bonchev–Trinajstić information content (AvgIpc) is 2.39. The van der Waals surface area contributed by atoms with Gasteiger partial charge in [-0.3, -0.25) is 0 Å². The normalized spacial score (nSPS) is 27.7. The van der Waals surface area contributed by atoms with Gasteiger partial charge in [0.15, 0.2) is 0 Å². The first-order valence-electron chi connectivity index (χ1n) is 7.09. The van der Waals surface area contributed by atoms with Gasteiger partial charge in [0.2, 0.25) is 0 Å². The largest absolute Gasteiger partial charge is 0.384 e. The highest BCUT2D eigenvalue weighted by atomic mass is 16.3. The summed E-state index contributed by atoms with van der Waals surface area (Å²) in [5.41, 5.74) is 0.214. The zero-order valence-corrected chi connectivity index (χ0v) is 11.5. The molecular weight excluding hydrogens is 222 g/mol. The maximum atomic E-state index is 10.5. The first-order chi connectivity index (χ1) is 8.58. The van der Waals surface area contributed by atoms with Crippen molar-refractivity contribution in [1.82, 2.24) is 5.32 Å². The zero-order chi connectivity index (χ0) is 13.0. The third-order valence-electron chi connectivity index (χ3n) is 4.15. The number of hydrogen-bond acceptors (Lipinski definition) is 2. The van der Waals surface area contributed by atoms with Crippen LogP contribution in [0.1, 0.15) is 45.1 Å². The van der Waals surface area contributed by atoms with E-state index in [9.17, 15) is 5.11 Å². The number of hydrogen-bond donors (Lipinski definition) is 2. The van der Waals surface area contributed by atoms with Gasteiger partial charge in [-0.15, -0.1) is 0 Å². The second kappa shape index (κ2) is 5.85. The molecule has 0 heterocycles. The topological polar surface area (TPSA) is 32.3 Å². The van der Waals surface area contributed by atoms with E-state index in [1.165, 1.54) is 25.7 Å². The average molecular weight is 247 g/mol. The van der Waals surface area contributed by atoms with Crippen LogP contribution in [-0.4, -0.2) is 17.7 Å². The minimum Gasteiger partial charge on any atom is -0.384 e. The molecule has 1 fully saturated rings. The van der Waals surface area contributed by atoms with Crippen LogP contribution in [0.25, 0.3) is 0 Å². The van der Waals surface area contributed by atoms with Crippen LogP contribution in [-0.2, 0) is 5.60 Å². The molecule has 1 atom stereocenters. The van der Waals surface area contributed by atoms with Crippen LogP contribution in [0.5, 0.6) is 0 Å². The predicted octanol–water partition coefficient (Wildman–Crippen LogP) is 3.06. The van der Waals surface area contributed by atoms with Gasteiger partial charge in [-0.05, 0) is 44.1 Å². The number of benzene rings is 1. The zero-order valence-electron chi connectivity index (χ0n) is 11.5. The molecule has 2 N–H and O–H groups in total. The number of rotatable bonds is 4. The molecule has 0 saturated heterocycles. The lowest BCUT2D eigenvalue weighted by Crippen LogP contribution is -2.42. The van der Waals surface area contributed by atoms with Crippen LogP contribution >= 0.6 is 0 Å². The van der Waals surface area contributed by atoms with Gasteiger partial charge in [-0.1, -0.05) is 37.3 Å². The molecule has 0 aromatic heterocycles.